The molecule has 2 aromatic rings. The van der Waals surface area contributed by atoms with Gasteiger partial charge in [0.25, 0.3) is 5.91 Å². The van der Waals surface area contributed by atoms with Crippen LogP contribution in [0.2, 0.25) is 0 Å². The van der Waals surface area contributed by atoms with Crippen molar-refractivity contribution in [1.82, 2.24) is 10.2 Å². The van der Waals surface area contributed by atoms with Crippen LogP contribution in [-0.2, 0) is 27.3 Å². The maximum Gasteiger partial charge on any atom is 0.312 e. The predicted molar refractivity (Wildman–Crippen MR) is 108 cm³/mol. The van der Waals surface area contributed by atoms with Crippen molar-refractivity contribution in [2.75, 3.05) is 19.7 Å². The maximum absolute atomic E-state index is 12.6. The summed E-state index contributed by atoms with van der Waals surface area (Å²) in [5.74, 6) is -0.810. The fourth-order valence-electron chi connectivity index (χ4n) is 2.55. The number of rotatable bonds is 10. The molecule has 0 aliphatic carbocycles. The zero-order valence-electron chi connectivity index (χ0n) is 15.8. The van der Waals surface area contributed by atoms with Gasteiger partial charge in [0, 0.05) is 22.8 Å². The highest BCUT2D eigenvalue weighted by molar-refractivity contribution is 7.11. The molecule has 0 saturated heterocycles. The number of carbonyl (C=O) groups excluding carboxylic acids is 3. The van der Waals surface area contributed by atoms with E-state index < -0.39 is 12.0 Å². The number of nitrogens with zero attached hydrogens (tertiary/aromatic N) is 1. The van der Waals surface area contributed by atoms with Gasteiger partial charge in [0.15, 0.2) is 6.61 Å². The number of hydrogen-bond donors (Lipinski definition) is 2. The van der Waals surface area contributed by atoms with Gasteiger partial charge in [0.05, 0.1) is 13.0 Å². The van der Waals surface area contributed by atoms with Crippen LogP contribution in [0.1, 0.15) is 21.7 Å². The Balaban J connectivity index is 1.90. The molecule has 3 amide bonds. The third kappa shape index (κ3) is 7.79. The fourth-order valence-corrected chi connectivity index (χ4v) is 3.46. The molecule has 0 spiro atoms. The molecule has 28 heavy (non-hydrogen) atoms. The van der Waals surface area contributed by atoms with Crippen molar-refractivity contribution in [2.24, 2.45) is 5.73 Å². The van der Waals surface area contributed by atoms with Gasteiger partial charge >= 0.3 is 12.0 Å². The molecule has 0 fully saturated rings. The lowest BCUT2D eigenvalue weighted by atomic mass is 10.1. The summed E-state index contributed by atoms with van der Waals surface area (Å²) in [4.78, 5) is 38.9. The number of nitrogens with one attached hydrogen (secondary N) is 1. The van der Waals surface area contributed by atoms with Gasteiger partial charge in [-0.2, -0.15) is 0 Å². The summed E-state index contributed by atoms with van der Waals surface area (Å²) in [5, 5.41) is 2.30. The van der Waals surface area contributed by atoms with E-state index in [0.717, 1.165) is 10.4 Å². The van der Waals surface area contributed by atoms with Gasteiger partial charge in [-0.15, -0.1) is 11.3 Å². The highest BCUT2D eigenvalue weighted by Gasteiger charge is 2.17. The van der Waals surface area contributed by atoms with Crippen LogP contribution in [-0.4, -0.2) is 42.5 Å². The standard InChI is InChI=1S/C20H25N3O4S/c1-15-7-8-17(28-15)13-23(12-10-16-5-3-2-4-6-16)18(24)14-27-19(25)9-11-22-20(21)26/h2-8H,9-14H2,1H3,(H3,21,22,26). The lowest BCUT2D eigenvalue weighted by Crippen LogP contribution is -2.36. The van der Waals surface area contributed by atoms with Crippen LogP contribution in [0, 0.1) is 6.92 Å². The minimum atomic E-state index is -0.706. The van der Waals surface area contributed by atoms with Crippen molar-refractivity contribution in [3.8, 4) is 0 Å². The molecule has 0 saturated carbocycles. The predicted octanol–water partition coefficient (Wildman–Crippen LogP) is 2.23. The number of primary amides is 1. The second-order valence-electron chi connectivity index (χ2n) is 6.26. The number of benzene rings is 1. The summed E-state index contributed by atoms with van der Waals surface area (Å²) >= 11 is 1.64. The monoisotopic (exact) mass is 403 g/mol. The molecule has 1 aromatic carbocycles. The van der Waals surface area contributed by atoms with E-state index in [1.807, 2.05) is 49.4 Å². The van der Waals surface area contributed by atoms with Crippen LogP contribution in [0.25, 0.3) is 0 Å². The zero-order chi connectivity index (χ0) is 20.4. The molecule has 0 aliphatic heterocycles. The SMILES string of the molecule is Cc1ccc(CN(CCc2ccccc2)C(=O)COC(=O)CCNC(N)=O)s1. The van der Waals surface area contributed by atoms with Crippen molar-refractivity contribution in [3.05, 3.63) is 57.8 Å². The lowest BCUT2D eigenvalue weighted by molar-refractivity contribution is -0.152. The van der Waals surface area contributed by atoms with Crippen LogP contribution >= 0.6 is 11.3 Å². The number of carbonyl (C=O) groups is 3. The van der Waals surface area contributed by atoms with Gasteiger partial charge in [-0.1, -0.05) is 30.3 Å². The van der Waals surface area contributed by atoms with E-state index >= 15 is 0 Å². The van der Waals surface area contributed by atoms with Gasteiger partial charge < -0.3 is 20.7 Å². The minimum Gasteiger partial charge on any atom is -0.456 e. The molecule has 1 aromatic heterocycles. The first-order valence-corrected chi connectivity index (χ1v) is 9.81. The van der Waals surface area contributed by atoms with Gasteiger partial charge in [0.1, 0.15) is 0 Å². The quantitative estimate of drug-likeness (QED) is 0.594. The summed E-state index contributed by atoms with van der Waals surface area (Å²) in [6.45, 7) is 2.78. The van der Waals surface area contributed by atoms with Crippen molar-refractivity contribution in [3.63, 3.8) is 0 Å². The Hall–Kier alpha value is -2.87. The molecular weight excluding hydrogens is 378 g/mol. The topological polar surface area (TPSA) is 102 Å². The van der Waals surface area contributed by atoms with Gasteiger partial charge in [-0.3, -0.25) is 9.59 Å². The maximum atomic E-state index is 12.6. The summed E-state index contributed by atoms with van der Waals surface area (Å²) in [5.41, 5.74) is 6.07. The van der Waals surface area contributed by atoms with Crippen LogP contribution < -0.4 is 11.1 Å². The highest BCUT2D eigenvalue weighted by atomic mass is 32.1. The second kappa shape index (κ2) is 11.1. The first-order valence-electron chi connectivity index (χ1n) is 9.00. The first-order chi connectivity index (χ1) is 13.4. The molecular formula is C20H25N3O4S. The van der Waals surface area contributed by atoms with Crippen molar-refractivity contribution in [2.45, 2.75) is 26.3 Å². The Morgan fingerprint density at radius 3 is 2.54 bits per heavy atom. The number of aryl methyl sites for hydroxylation is 1. The van der Waals surface area contributed by atoms with Gasteiger partial charge in [-0.25, -0.2) is 4.79 Å². The highest BCUT2D eigenvalue weighted by Crippen LogP contribution is 2.17. The molecule has 0 atom stereocenters. The van der Waals surface area contributed by atoms with Gasteiger partial charge in [-0.05, 0) is 31.0 Å². The van der Waals surface area contributed by atoms with E-state index in [9.17, 15) is 14.4 Å². The summed E-state index contributed by atoms with van der Waals surface area (Å²) in [7, 11) is 0. The molecule has 0 unspecified atom stereocenters. The van der Waals surface area contributed by atoms with Crippen molar-refractivity contribution < 1.29 is 19.1 Å². The Morgan fingerprint density at radius 2 is 1.89 bits per heavy atom. The second-order valence-corrected chi connectivity index (χ2v) is 7.64. The Kier molecular flexibility index (Phi) is 8.48. The Bertz CT molecular complexity index is 792. The molecule has 8 heteroatoms. The summed E-state index contributed by atoms with van der Waals surface area (Å²) in [6.07, 6.45) is 0.678. The van der Waals surface area contributed by atoms with E-state index in [1.165, 1.54) is 4.88 Å². The zero-order valence-corrected chi connectivity index (χ0v) is 16.7. The molecule has 0 bridgehead atoms. The number of hydrogen-bond acceptors (Lipinski definition) is 5. The van der Waals surface area contributed by atoms with E-state index in [4.69, 9.17) is 10.5 Å². The third-order valence-corrected chi connectivity index (χ3v) is 4.98. The normalized spacial score (nSPS) is 10.3. The Labute approximate surface area is 168 Å². The number of nitrogens with two attached hydrogens (primary N) is 1. The largest absolute Gasteiger partial charge is 0.456 e. The average molecular weight is 404 g/mol. The van der Waals surface area contributed by atoms with Crippen molar-refractivity contribution in [1.29, 1.82) is 0 Å². The smallest absolute Gasteiger partial charge is 0.312 e. The number of esters is 1. The molecule has 7 nitrogen and oxygen atoms in total. The molecule has 2 rings (SSSR count). The first kappa shape index (κ1) is 21.4. The molecule has 3 N–H and O–H groups in total. The summed E-state index contributed by atoms with van der Waals surface area (Å²) < 4.78 is 5.04. The number of thiophene rings is 1. The van der Waals surface area contributed by atoms with Crippen molar-refractivity contribution >= 4 is 29.2 Å². The number of urea groups is 1. The lowest BCUT2D eigenvalue weighted by Gasteiger charge is -2.22. The van der Waals surface area contributed by atoms with Gasteiger partial charge in [0.2, 0.25) is 0 Å². The fraction of sp³-hybridized carbons (Fsp3) is 0.350. The Morgan fingerprint density at radius 1 is 1.14 bits per heavy atom. The van der Waals surface area contributed by atoms with Crippen LogP contribution in [0.15, 0.2) is 42.5 Å². The average Bonchev–Trinajstić information content (AvgIpc) is 3.08. The molecule has 150 valence electrons. The van der Waals surface area contributed by atoms with Crippen LogP contribution in [0.4, 0.5) is 4.79 Å². The van der Waals surface area contributed by atoms with Crippen LogP contribution in [0.5, 0.6) is 0 Å². The van der Waals surface area contributed by atoms with E-state index in [-0.39, 0.29) is 25.5 Å². The van der Waals surface area contributed by atoms with E-state index in [0.29, 0.717) is 19.5 Å². The number of amides is 3. The third-order valence-electron chi connectivity index (χ3n) is 3.99. The molecule has 1 heterocycles. The van der Waals surface area contributed by atoms with Crippen LogP contribution in [0.3, 0.4) is 0 Å². The molecule has 0 radical (unpaired) electrons. The number of ether oxygens (including phenoxy) is 1. The summed E-state index contributed by atoms with van der Waals surface area (Å²) in [6, 6.07) is 13.2. The minimum absolute atomic E-state index is 0.0373. The molecule has 0 aliphatic rings. The van der Waals surface area contributed by atoms with E-state index in [1.54, 1.807) is 16.2 Å². The van der Waals surface area contributed by atoms with E-state index in [2.05, 4.69) is 5.32 Å².